The number of carbonyl (C=O) groups is 1. The molecule has 0 unspecified atom stereocenters. The smallest absolute Gasteiger partial charge is 0.288 e. The van der Waals surface area contributed by atoms with Crippen LogP contribution in [-0.4, -0.2) is 17.1 Å². The fourth-order valence-electron chi connectivity index (χ4n) is 2.98. The van der Waals surface area contributed by atoms with Crippen LogP contribution in [0.1, 0.15) is 16.1 Å². The van der Waals surface area contributed by atoms with Crippen molar-refractivity contribution in [3.63, 3.8) is 0 Å². The predicted octanol–water partition coefficient (Wildman–Crippen LogP) is 4.60. The molecule has 0 aliphatic heterocycles. The van der Waals surface area contributed by atoms with Gasteiger partial charge in [0.25, 0.3) is 5.91 Å². The zero-order valence-corrected chi connectivity index (χ0v) is 14.0. The number of aromatic nitrogens is 1. The molecule has 2 N–H and O–H groups in total. The molecule has 0 aliphatic carbocycles. The van der Waals surface area contributed by atoms with Gasteiger partial charge in [-0.1, -0.05) is 78.9 Å². The van der Waals surface area contributed by atoms with E-state index in [2.05, 4.69) is 15.5 Å². The molecule has 0 saturated heterocycles. The summed E-state index contributed by atoms with van der Waals surface area (Å²) in [6.45, 7) is 0. The minimum absolute atomic E-state index is 0.271. The molecule has 4 aromatic rings. The third-order valence-electron chi connectivity index (χ3n) is 4.17. The number of hydrogen-bond acceptors (Lipinski definition) is 2. The Bertz CT molecular complexity index is 1070. The molecular formula is C22H17N3O. The number of nitrogens with one attached hydrogen (secondary N) is 2. The number of amides is 1. The van der Waals surface area contributed by atoms with Crippen LogP contribution in [0.5, 0.6) is 0 Å². The van der Waals surface area contributed by atoms with Crippen LogP contribution in [0.15, 0.2) is 90.0 Å². The average molecular weight is 339 g/mol. The van der Waals surface area contributed by atoms with E-state index in [1.807, 2.05) is 84.9 Å². The van der Waals surface area contributed by atoms with Crippen molar-refractivity contribution in [2.24, 2.45) is 5.10 Å². The van der Waals surface area contributed by atoms with Crippen LogP contribution in [0.4, 0.5) is 0 Å². The number of nitrogens with zero attached hydrogens (tertiary/aromatic N) is 1. The van der Waals surface area contributed by atoms with Crippen LogP contribution in [0.2, 0.25) is 0 Å². The molecule has 0 saturated carbocycles. The topological polar surface area (TPSA) is 57.2 Å². The Labute approximate surface area is 151 Å². The predicted molar refractivity (Wildman–Crippen MR) is 105 cm³/mol. The minimum Gasteiger partial charge on any atom is -0.350 e. The number of para-hydroxylation sites is 1. The van der Waals surface area contributed by atoms with E-state index in [1.165, 1.54) is 0 Å². The first kappa shape index (κ1) is 15.8. The molecule has 0 spiro atoms. The number of carbonyl (C=O) groups excluding carboxylic acids is 1. The van der Waals surface area contributed by atoms with E-state index in [1.54, 1.807) is 6.21 Å². The van der Waals surface area contributed by atoms with E-state index < -0.39 is 0 Å². The number of aromatic amines is 1. The Morgan fingerprint density at radius 1 is 0.846 bits per heavy atom. The van der Waals surface area contributed by atoms with E-state index in [4.69, 9.17) is 0 Å². The summed E-state index contributed by atoms with van der Waals surface area (Å²) in [5, 5.41) is 5.09. The number of fused-ring (bicyclic) bond motifs is 1. The summed E-state index contributed by atoms with van der Waals surface area (Å²) in [7, 11) is 0. The molecule has 4 nitrogen and oxygen atoms in total. The molecule has 0 aliphatic rings. The molecule has 26 heavy (non-hydrogen) atoms. The monoisotopic (exact) mass is 339 g/mol. The van der Waals surface area contributed by atoms with Crippen LogP contribution in [0.25, 0.3) is 22.0 Å². The van der Waals surface area contributed by atoms with Crippen LogP contribution in [0, 0.1) is 0 Å². The summed E-state index contributed by atoms with van der Waals surface area (Å²) >= 11 is 0. The number of hydrazone groups is 1. The third-order valence-corrected chi connectivity index (χ3v) is 4.17. The molecule has 1 aromatic heterocycles. The first-order valence-electron chi connectivity index (χ1n) is 8.37. The lowest BCUT2D eigenvalue weighted by molar-refractivity contribution is 0.0951. The van der Waals surface area contributed by atoms with Gasteiger partial charge in [-0.3, -0.25) is 4.79 Å². The van der Waals surface area contributed by atoms with Gasteiger partial charge in [0.05, 0.1) is 6.21 Å². The summed E-state index contributed by atoms with van der Waals surface area (Å²) < 4.78 is 0. The highest BCUT2D eigenvalue weighted by Gasteiger charge is 2.18. The normalized spacial score (nSPS) is 11.1. The Morgan fingerprint density at radius 3 is 2.27 bits per heavy atom. The van der Waals surface area contributed by atoms with Crippen molar-refractivity contribution >= 4 is 23.0 Å². The molecular weight excluding hydrogens is 322 g/mol. The Kier molecular flexibility index (Phi) is 4.31. The summed E-state index contributed by atoms with van der Waals surface area (Å²) in [6.07, 6.45) is 1.63. The summed E-state index contributed by atoms with van der Waals surface area (Å²) in [6, 6.07) is 27.4. The first-order chi connectivity index (χ1) is 12.8. The van der Waals surface area contributed by atoms with Gasteiger partial charge < -0.3 is 4.98 Å². The van der Waals surface area contributed by atoms with Gasteiger partial charge in [-0.2, -0.15) is 5.10 Å². The molecule has 1 amide bonds. The van der Waals surface area contributed by atoms with Crippen LogP contribution < -0.4 is 5.43 Å². The van der Waals surface area contributed by atoms with Gasteiger partial charge in [-0.25, -0.2) is 5.43 Å². The van der Waals surface area contributed by atoms with E-state index in [9.17, 15) is 4.79 Å². The van der Waals surface area contributed by atoms with Crippen LogP contribution in [-0.2, 0) is 0 Å². The first-order valence-corrected chi connectivity index (χ1v) is 8.37. The lowest BCUT2D eigenvalue weighted by Gasteiger charge is -2.04. The average Bonchev–Trinajstić information content (AvgIpc) is 3.09. The zero-order chi connectivity index (χ0) is 17.8. The number of hydrogen-bond donors (Lipinski definition) is 2. The van der Waals surface area contributed by atoms with Crippen LogP contribution in [0.3, 0.4) is 0 Å². The van der Waals surface area contributed by atoms with Crippen molar-refractivity contribution < 1.29 is 4.79 Å². The molecule has 4 heteroatoms. The lowest BCUT2D eigenvalue weighted by atomic mass is 10.0. The number of rotatable bonds is 4. The largest absolute Gasteiger partial charge is 0.350 e. The van der Waals surface area contributed by atoms with Crippen molar-refractivity contribution in [3.05, 3.63) is 96.2 Å². The molecule has 3 aromatic carbocycles. The Balaban J connectivity index is 1.69. The van der Waals surface area contributed by atoms with Crippen molar-refractivity contribution in [3.8, 4) is 11.1 Å². The quantitative estimate of drug-likeness (QED) is 0.414. The van der Waals surface area contributed by atoms with Crippen LogP contribution >= 0.6 is 0 Å². The highest BCUT2D eigenvalue weighted by Crippen LogP contribution is 2.32. The number of H-pyrrole nitrogens is 1. The Morgan fingerprint density at radius 2 is 1.50 bits per heavy atom. The second-order valence-electron chi connectivity index (χ2n) is 5.90. The van der Waals surface area contributed by atoms with E-state index >= 15 is 0 Å². The molecule has 4 rings (SSSR count). The molecule has 1 heterocycles. The number of benzene rings is 3. The van der Waals surface area contributed by atoms with Crippen molar-refractivity contribution in [2.75, 3.05) is 0 Å². The van der Waals surface area contributed by atoms with Gasteiger partial charge in [0.2, 0.25) is 0 Å². The van der Waals surface area contributed by atoms with Crippen molar-refractivity contribution in [1.29, 1.82) is 0 Å². The maximum Gasteiger partial charge on any atom is 0.288 e. The van der Waals surface area contributed by atoms with E-state index in [-0.39, 0.29) is 5.91 Å². The fraction of sp³-hybridized carbons (Fsp3) is 0. The summed E-state index contributed by atoms with van der Waals surface area (Å²) in [4.78, 5) is 16.0. The summed E-state index contributed by atoms with van der Waals surface area (Å²) in [5.41, 5.74) is 6.84. The second-order valence-corrected chi connectivity index (χ2v) is 5.90. The van der Waals surface area contributed by atoms with Gasteiger partial charge >= 0.3 is 0 Å². The zero-order valence-electron chi connectivity index (χ0n) is 14.0. The highest BCUT2D eigenvalue weighted by atomic mass is 16.2. The third kappa shape index (κ3) is 3.13. The van der Waals surface area contributed by atoms with Gasteiger partial charge in [-0.05, 0) is 17.2 Å². The molecule has 0 radical (unpaired) electrons. The molecule has 0 atom stereocenters. The second kappa shape index (κ2) is 7.07. The van der Waals surface area contributed by atoms with Gasteiger partial charge in [0.15, 0.2) is 0 Å². The Hall–Kier alpha value is -3.66. The maximum atomic E-state index is 12.7. The van der Waals surface area contributed by atoms with Gasteiger partial charge in [0.1, 0.15) is 5.69 Å². The molecule has 126 valence electrons. The molecule has 0 fully saturated rings. The maximum absolute atomic E-state index is 12.7. The van der Waals surface area contributed by atoms with Crippen molar-refractivity contribution in [2.45, 2.75) is 0 Å². The standard InChI is InChI=1S/C22H17N3O/c26-22(25-23-15-16-9-3-1-4-10-16)21-20(17-11-5-2-6-12-17)18-13-7-8-14-19(18)24-21/h1-15,24H,(H,25,26)/b23-15+. The SMILES string of the molecule is O=C(N/N=C/c1ccccc1)c1[nH]c2ccccc2c1-c1ccccc1. The van der Waals surface area contributed by atoms with Gasteiger partial charge in [-0.15, -0.1) is 0 Å². The minimum atomic E-state index is -0.271. The van der Waals surface area contributed by atoms with Gasteiger partial charge in [0, 0.05) is 16.5 Å². The molecule has 0 bridgehead atoms. The lowest BCUT2D eigenvalue weighted by Crippen LogP contribution is -2.18. The highest BCUT2D eigenvalue weighted by molar-refractivity contribution is 6.09. The van der Waals surface area contributed by atoms with E-state index in [0.717, 1.165) is 27.6 Å². The van der Waals surface area contributed by atoms with Crippen molar-refractivity contribution in [1.82, 2.24) is 10.4 Å². The summed E-state index contributed by atoms with van der Waals surface area (Å²) in [5.74, 6) is -0.271. The van der Waals surface area contributed by atoms with E-state index in [0.29, 0.717) is 5.69 Å². The fourth-order valence-corrected chi connectivity index (χ4v) is 2.98.